The van der Waals surface area contributed by atoms with Crippen LogP contribution in [0.4, 0.5) is 5.13 Å². The summed E-state index contributed by atoms with van der Waals surface area (Å²) in [6.07, 6.45) is 6.37. The number of benzene rings is 1. The lowest BCUT2D eigenvalue weighted by Crippen LogP contribution is -2.21. The maximum atomic E-state index is 6.00. The highest BCUT2D eigenvalue weighted by atomic mass is 35.5. The smallest absolute Gasteiger partial charge is 0.237 e. The molecule has 0 unspecified atom stereocenters. The zero-order chi connectivity index (χ0) is 17.8. The van der Waals surface area contributed by atoms with Crippen LogP contribution in [0.2, 0.25) is 5.02 Å². The van der Waals surface area contributed by atoms with Crippen LogP contribution in [0.5, 0.6) is 0 Å². The molecule has 0 amide bonds. The van der Waals surface area contributed by atoms with Crippen LogP contribution in [0.15, 0.2) is 33.1 Å². The Morgan fingerprint density at radius 2 is 2.12 bits per heavy atom. The predicted molar refractivity (Wildman–Crippen MR) is 105 cm³/mol. The number of rotatable bonds is 6. The van der Waals surface area contributed by atoms with E-state index < -0.39 is 0 Å². The van der Waals surface area contributed by atoms with E-state index in [2.05, 4.69) is 25.7 Å². The minimum absolute atomic E-state index is 0.533. The van der Waals surface area contributed by atoms with Crippen molar-refractivity contribution >= 4 is 39.8 Å². The highest BCUT2D eigenvalue weighted by Gasteiger charge is 2.16. The summed E-state index contributed by atoms with van der Waals surface area (Å²) in [4.78, 5) is 4.42. The molecule has 1 aromatic carbocycles. The molecule has 0 saturated heterocycles. The topological polar surface area (TPSA) is 76.7 Å². The predicted octanol–water partition coefficient (Wildman–Crippen LogP) is 5.28. The Kier molecular flexibility index (Phi) is 5.72. The molecule has 0 radical (unpaired) electrons. The van der Waals surface area contributed by atoms with Crippen molar-refractivity contribution in [1.82, 2.24) is 20.3 Å². The molecule has 1 saturated carbocycles. The maximum Gasteiger partial charge on any atom is 0.237 e. The van der Waals surface area contributed by atoms with Crippen LogP contribution in [-0.4, -0.2) is 26.4 Å². The summed E-state index contributed by atoms with van der Waals surface area (Å²) in [5.74, 6) is 1.66. The van der Waals surface area contributed by atoms with E-state index in [1.807, 2.05) is 24.3 Å². The van der Waals surface area contributed by atoms with Gasteiger partial charge in [0.1, 0.15) is 0 Å². The van der Waals surface area contributed by atoms with E-state index in [1.165, 1.54) is 32.1 Å². The fraction of sp³-hybridized carbons (Fsp3) is 0.412. The number of nitrogens with zero attached hydrogens (tertiary/aromatic N) is 4. The summed E-state index contributed by atoms with van der Waals surface area (Å²) < 4.78 is 6.22. The van der Waals surface area contributed by atoms with Gasteiger partial charge in [0.25, 0.3) is 0 Å². The number of aromatic nitrogens is 4. The molecule has 1 aliphatic carbocycles. The lowest BCUT2D eigenvalue weighted by Gasteiger charge is -2.21. The highest BCUT2D eigenvalue weighted by Crippen LogP contribution is 2.30. The number of halogens is 1. The zero-order valence-corrected chi connectivity index (χ0v) is 16.4. The Hall–Kier alpha value is -1.64. The first-order chi connectivity index (χ1) is 12.8. The number of hydrogen-bond donors (Lipinski definition) is 1. The first kappa shape index (κ1) is 17.8. The molecule has 3 aromatic rings. The molecular formula is C17H18ClN5OS2. The molecule has 2 aromatic heterocycles. The van der Waals surface area contributed by atoms with Crippen molar-refractivity contribution in [3.63, 3.8) is 0 Å². The maximum absolute atomic E-state index is 6.00. The van der Waals surface area contributed by atoms with E-state index in [9.17, 15) is 0 Å². The number of nitrogens with one attached hydrogen (secondary N) is 1. The molecule has 1 aliphatic rings. The van der Waals surface area contributed by atoms with Crippen LogP contribution >= 0.6 is 34.7 Å². The Labute approximate surface area is 164 Å². The fourth-order valence-corrected chi connectivity index (χ4v) is 4.79. The standard InChI is InChI=1S/C17H18ClN5OS2/c18-12-6-4-5-11(9-12)15-20-14(24-23-15)10-25-17-22-21-16(26-17)19-13-7-2-1-3-8-13/h4-6,9,13H,1-3,7-8,10H2,(H,19,21). The van der Waals surface area contributed by atoms with Gasteiger partial charge in [-0.05, 0) is 25.0 Å². The molecule has 0 spiro atoms. The Balaban J connectivity index is 1.33. The van der Waals surface area contributed by atoms with Gasteiger partial charge in [-0.25, -0.2) is 0 Å². The molecule has 1 fully saturated rings. The Morgan fingerprint density at radius 3 is 2.96 bits per heavy atom. The molecule has 4 rings (SSSR count). The van der Waals surface area contributed by atoms with Gasteiger partial charge in [0.2, 0.25) is 16.8 Å². The lowest BCUT2D eigenvalue weighted by molar-refractivity contribution is 0.391. The van der Waals surface area contributed by atoms with Gasteiger partial charge >= 0.3 is 0 Å². The van der Waals surface area contributed by atoms with Crippen LogP contribution in [0.1, 0.15) is 38.0 Å². The summed E-state index contributed by atoms with van der Waals surface area (Å²) in [5, 5.41) is 17.5. The quantitative estimate of drug-likeness (QED) is 0.557. The number of thioether (sulfide) groups is 1. The van der Waals surface area contributed by atoms with Gasteiger partial charge in [-0.3, -0.25) is 0 Å². The van der Waals surface area contributed by atoms with Gasteiger partial charge in [-0.2, -0.15) is 4.98 Å². The summed E-state index contributed by atoms with van der Waals surface area (Å²) in [6.45, 7) is 0. The van der Waals surface area contributed by atoms with E-state index >= 15 is 0 Å². The third kappa shape index (κ3) is 4.55. The van der Waals surface area contributed by atoms with Crippen LogP contribution < -0.4 is 5.32 Å². The largest absolute Gasteiger partial charge is 0.357 e. The van der Waals surface area contributed by atoms with Gasteiger partial charge < -0.3 is 9.84 Å². The van der Waals surface area contributed by atoms with Crippen molar-refractivity contribution in [2.24, 2.45) is 0 Å². The second-order valence-corrected chi connectivity index (χ2v) is 8.80. The van der Waals surface area contributed by atoms with Gasteiger partial charge in [0, 0.05) is 16.6 Å². The first-order valence-corrected chi connectivity index (χ1v) is 10.8. The van der Waals surface area contributed by atoms with Crippen molar-refractivity contribution in [1.29, 1.82) is 0 Å². The van der Waals surface area contributed by atoms with Crippen molar-refractivity contribution in [3.05, 3.63) is 35.2 Å². The molecular weight excluding hydrogens is 390 g/mol. The minimum atomic E-state index is 0.533. The summed E-state index contributed by atoms with van der Waals surface area (Å²) in [6, 6.07) is 7.94. The zero-order valence-electron chi connectivity index (χ0n) is 14.0. The molecule has 26 heavy (non-hydrogen) atoms. The third-order valence-corrected chi connectivity index (χ3v) is 6.42. The van der Waals surface area contributed by atoms with E-state index in [-0.39, 0.29) is 0 Å². The van der Waals surface area contributed by atoms with Crippen LogP contribution in [0.25, 0.3) is 11.4 Å². The van der Waals surface area contributed by atoms with Crippen molar-refractivity contribution in [2.75, 3.05) is 5.32 Å². The third-order valence-electron chi connectivity index (χ3n) is 4.21. The monoisotopic (exact) mass is 407 g/mol. The Morgan fingerprint density at radius 1 is 1.23 bits per heavy atom. The second-order valence-electron chi connectivity index (χ2n) is 6.16. The second kappa shape index (κ2) is 8.37. The van der Waals surface area contributed by atoms with Gasteiger partial charge in [-0.15, -0.1) is 10.2 Å². The first-order valence-electron chi connectivity index (χ1n) is 8.57. The highest BCUT2D eigenvalue weighted by molar-refractivity contribution is 8.00. The van der Waals surface area contributed by atoms with Crippen LogP contribution in [0.3, 0.4) is 0 Å². The van der Waals surface area contributed by atoms with Gasteiger partial charge in [0.15, 0.2) is 4.34 Å². The van der Waals surface area contributed by atoms with E-state index in [0.717, 1.165) is 15.0 Å². The summed E-state index contributed by atoms with van der Waals surface area (Å²) >= 11 is 9.13. The molecule has 0 aliphatic heterocycles. The number of anilines is 1. The van der Waals surface area contributed by atoms with E-state index in [0.29, 0.717) is 28.5 Å². The van der Waals surface area contributed by atoms with E-state index in [4.69, 9.17) is 16.1 Å². The van der Waals surface area contributed by atoms with Gasteiger partial charge in [0.05, 0.1) is 5.75 Å². The fourth-order valence-electron chi connectivity index (χ4n) is 2.93. The molecule has 1 N–H and O–H groups in total. The molecule has 136 valence electrons. The minimum Gasteiger partial charge on any atom is -0.357 e. The average Bonchev–Trinajstić information content (AvgIpc) is 3.30. The van der Waals surface area contributed by atoms with Crippen molar-refractivity contribution < 1.29 is 4.52 Å². The lowest BCUT2D eigenvalue weighted by atomic mass is 9.96. The molecule has 0 bridgehead atoms. The van der Waals surface area contributed by atoms with E-state index in [1.54, 1.807) is 23.1 Å². The van der Waals surface area contributed by atoms with Crippen LogP contribution in [0, 0.1) is 0 Å². The average molecular weight is 408 g/mol. The van der Waals surface area contributed by atoms with Crippen LogP contribution in [-0.2, 0) is 5.75 Å². The van der Waals surface area contributed by atoms with Gasteiger partial charge in [-0.1, -0.05) is 71.3 Å². The molecule has 2 heterocycles. The molecule has 0 atom stereocenters. The molecule has 9 heteroatoms. The summed E-state index contributed by atoms with van der Waals surface area (Å²) in [5.41, 5.74) is 0.840. The Bertz CT molecular complexity index is 862. The molecule has 6 nitrogen and oxygen atoms in total. The normalized spacial score (nSPS) is 15.3. The number of hydrogen-bond acceptors (Lipinski definition) is 8. The van der Waals surface area contributed by atoms with Crippen molar-refractivity contribution in [2.45, 2.75) is 48.2 Å². The summed E-state index contributed by atoms with van der Waals surface area (Å²) in [7, 11) is 0. The SMILES string of the molecule is Clc1cccc(-c2noc(CSc3nnc(NC4CCCCC4)s3)n2)c1. The van der Waals surface area contributed by atoms with Crippen molar-refractivity contribution in [3.8, 4) is 11.4 Å².